The van der Waals surface area contributed by atoms with E-state index >= 15 is 0 Å². The van der Waals surface area contributed by atoms with E-state index in [9.17, 15) is 17.6 Å². The number of carboxylic acid groups (broad SMARTS) is 1. The molecule has 0 bridgehead atoms. The highest BCUT2D eigenvalue weighted by Gasteiger charge is 2.14. The van der Waals surface area contributed by atoms with Crippen LogP contribution in [-0.4, -0.2) is 31.9 Å². The number of hydrogen-bond donors (Lipinski definition) is 1. The Balaban J connectivity index is 3.04. The van der Waals surface area contributed by atoms with E-state index in [-0.39, 0.29) is 10.5 Å². The lowest BCUT2D eigenvalue weighted by atomic mass is 10.2. The van der Waals surface area contributed by atoms with Crippen molar-refractivity contribution in [3.05, 3.63) is 29.8 Å². The first kappa shape index (κ1) is 11.6. The molecule has 82 valence electrons. The van der Waals surface area contributed by atoms with Crippen LogP contribution in [0.25, 0.3) is 0 Å². The van der Waals surface area contributed by atoms with Crippen LogP contribution in [0.3, 0.4) is 0 Å². The Hall–Kier alpha value is -1.43. The molecule has 0 saturated heterocycles. The van der Waals surface area contributed by atoms with Crippen LogP contribution in [0.1, 0.15) is 10.4 Å². The molecule has 1 rings (SSSR count). The summed E-state index contributed by atoms with van der Waals surface area (Å²) in [6, 6.07) is 4.67. The summed E-state index contributed by atoms with van der Waals surface area (Å²) in [5, 5.41) is 8.57. The highest BCUT2D eigenvalue weighted by molar-refractivity contribution is 7.91. The molecule has 0 aliphatic rings. The predicted molar refractivity (Wildman–Crippen MR) is 51.4 cm³/mol. The Morgan fingerprint density at radius 2 is 1.80 bits per heavy atom. The average molecular weight is 232 g/mol. The first-order chi connectivity index (χ1) is 6.97. The van der Waals surface area contributed by atoms with Crippen molar-refractivity contribution in [2.45, 2.75) is 4.90 Å². The standard InChI is InChI=1S/C9H9FO4S/c10-5-6-15(13,14)8-3-1-7(2-4-8)9(11)12/h1-4H,5-6H2,(H,11,12). The van der Waals surface area contributed by atoms with Gasteiger partial charge in [-0.15, -0.1) is 0 Å². The van der Waals surface area contributed by atoms with Crippen LogP contribution in [0, 0.1) is 0 Å². The molecule has 0 aliphatic carbocycles. The monoisotopic (exact) mass is 232 g/mol. The van der Waals surface area contributed by atoms with Gasteiger partial charge in [0.25, 0.3) is 0 Å². The number of aromatic carboxylic acids is 1. The molecule has 0 amide bonds. The van der Waals surface area contributed by atoms with Crippen LogP contribution in [0.15, 0.2) is 29.2 Å². The minimum atomic E-state index is -3.62. The molecule has 0 fully saturated rings. The van der Waals surface area contributed by atoms with Crippen LogP contribution in [-0.2, 0) is 9.84 Å². The van der Waals surface area contributed by atoms with E-state index in [4.69, 9.17) is 5.11 Å². The highest BCUT2D eigenvalue weighted by Crippen LogP contribution is 2.12. The van der Waals surface area contributed by atoms with Gasteiger partial charge in [0.2, 0.25) is 0 Å². The average Bonchev–Trinajstić information content (AvgIpc) is 2.18. The lowest BCUT2D eigenvalue weighted by molar-refractivity contribution is 0.0697. The normalized spacial score (nSPS) is 11.3. The Kier molecular flexibility index (Phi) is 3.41. The fourth-order valence-corrected chi connectivity index (χ4v) is 2.01. The number of halogens is 1. The van der Waals surface area contributed by atoms with Crippen molar-refractivity contribution in [1.82, 2.24) is 0 Å². The molecular weight excluding hydrogens is 223 g/mol. The molecule has 0 aliphatic heterocycles. The molecular formula is C9H9FO4S. The molecule has 4 nitrogen and oxygen atoms in total. The Bertz CT molecular complexity index is 450. The molecule has 1 aromatic rings. The molecule has 0 saturated carbocycles. The molecule has 0 spiro atoms. The minimum absolute atomic E-state index is 0.00537. The lowest BCUT2D eigenvalue weighted by Crippen LogP contribution is -2.08. The third-order valence-corrected chi connectivity index (χ3v) is 3.49. The van der Waals surface area contributed by atoms with Gasteiger partial charge in [-0.05, 0) is 24.3 Å². The third kappa shape index (κ3) is 2.76. The number of benzene rings is 1. The molecule has 1 aromatic carbocycles. The van der Waals surface area contributed by atoms with Gasteiger partial charge in [-0.1, -0.05) is 0 Å². The zero-order valence-corrected chi connectivity index (χ0v) is 8.50. The SMILES string of the molecule is O=C(O)c1ccc(S(=O)(=O)CCF)cc1. The Morgan fingerprint density at radius 1 is 1.27 bits per heavy atom. The van der Waals surface area contributed by atoms with Crippen molar-refractivity contribution in [2.75, 3.05) is 12.4 Å². The van der Waals surface area contributed by atoms with Gasteiger partial charge in [0, 0.05) is 0 Å². The van der Waals surface area contributed by atoms with Crippen LogP contribution in [0.2, 0.25) is 0 Å². The number of rotatable bonds is 4. The van der Waals surface area contributed by atoms with Gasteiger partial charge in [0.15, 0.2) is 9.84 Å². The fraction of sp³-hybridized carbons (Fsp3) is 0.222. The fourth-order valence-electron chi connectivity index (χ4n) is 1.02. The molecule has 0 aromatic heterocycles. The van der Waals surface area contributed by atoms with Gasteiger partial charge in [0.05, 0.1) is 16.2 Å². The maximum absolute atomic E-state index is 11.9. The summed E-state index contributed by atoms with van der Waals surface area (Å²) in [6.07, 6.45) is 0. The number of carbonyl (C=O) groups is 1. The van der Waals surface area contributed by atoms with E-state index in [1.807, 2.05) is 0 Å². The Morgan fingerprint density at radius 3 is 2.20 bits per heavy atom. The van der Waals surface area contributed by atoms with Crippen LogP contribution >= 0.6 is 0 Å². The van der Waals surface area contributed by atoms with Crippen molar-refractivity contribution < 1.29 is 22.7 Å². The van der Waals surface area contributed by atoms with Crippen molar-refractivity contribution in [3.8, 4) is 0 Å². The molecule has 1 N–H and O–H groups in total. The topological polar surface area (TPSA) is 71.4 Å². The highest BCUT2D eigenvalue weighted by atomic mass is 32.2. The first-order valence-corrected chi connectivity index (χ1v) is 5.74. The summed E-state index contributed by atoms with van der Waals surface area (Å²) in [6.45, 7) is -0.955. The van der Waals surface area contributed by atoms with Gasteiger partial charge >= 0.3 is 5.97 Å². The molecule has 0 heterocycles. The van der Waals surface area contributed by atoms with Crippen LogP contribution in [0.4, 0.5) is 4.39 Å². The Labute approximate surface area is 86.3 Å². The van der Waals surface area contributed by atoms with Gasteiger partial charge in [-0.2, -0.15) is 0 Å². The summed E-state index contributed by atoms with van der Waals surface area (Å²) in [4.78, 5) is 10.4. The number of alkyl halides is 1. The second kappa shape index (κ2) is 4.39. The van der Waals surface area contributed by atoms with Crippen LogP contribution in [0.5, 0.6) is 0 Å². The van der Waals surface area contributed by atoms with E-state index < -0.39 is 28.2 Å². The number of carboxylic acids is 1. The summed E-state index contributed by atoms with van der Waals surface area (Å²) in [7, 11) is -3.62. The van der Waals surface area contributed by atoms with Gasteiger partial charge in [0.1, 0.15) is 6.67 Å². The van der Waals surface area contributed by atoms with Gasteiger partial charge in [-0.3, -0.25) is 0 Å². The predicted octanol–water partition coefficient (Wildman–Crippen LogP) is 1.13. The van der Waals surface area contributed by atoms with E-state index in [2.05, 4.69) is 0 Å². The maximum Gasteiger partial charge on any atom is 0.335 e. The molecule has 0 unspecified atom stereocenters. The zero-order chi connectivity index (χ0) is 11.5. The van der Waals surface area contributed by atoms with Crippen molar-refractivity contribution in [2.24, 2.45) is 0 Å². The molecule has 0 atom stereocenters. The van der Waals surface area contributed by atoms with Crippen LogP contribution < -0.4 is 0 Å². The molecule has 15 heavy (non-hydrogen) atoms. The summed E-state index contributed by atoms with van der Waals surface area (Å²) < 4.78 is 34.6. The largest absolute Gasteiger partial charge is 0.478 e. The second-order valence-electron chi connectivity index (χ2n) is 2.84. The van der Waals surface area contributed by atoms with E-state index in [0.29, 0.717) is 0 Å². The van der Waals surface area contributed by atoms with Gasteiger partial charge in [-0.25, -0.2) is 17.6 Å². The van der Waals surface area contributed by atoms with Crippen molar-refractivity contribution >= 4 is 15.8 Å². The van der Waals surface area contributed by atoms with E-state index in [0.717, 1.165) is 12.1 Å². The zero-order valence-electron chi connectivity index (χ0n) is 7.68. The van der Waals surface area contributed by atoms with E-state index in [1.54, 1.807) is 0 Å². The second-order valence-corrected chi connectivity index (χ2v) is 4.95. The maximum atomic E-state index is 11.9. The van der Waals surface area contributed by atoms with Gasteiger partial charge < -0.3 is 5.11 Å². The summed E-state index contributed by atoms with van der Waals surface area (Å²) in [5.74, 6) is -1.72. The van der Waals surface area contributed by atoms with E-state index in [1.165, 1.54) is 12.1 Å². The molecule has 6 heteroatoms. The first-order valence-electron chi connectivity index (χ1n) is 4.09. The summed E-state index contributed by atoms with van der Waals surface area (Å²) >= 11 is 0. The lowest BCUT2D eigenvalue weighted by Gasteiger charge is -2.01. The van der Waals surface area contributed by atoms with Crippen molar-refractivity contribution in [1.29, 1.82) is 0 Å². The third-order valence-electron chi connectivity index (χ3n) is 1.81. The smallest absolute Gasteiger partial charge is 0.335 e. The minimum Gasteiger partial charge on any atom is -0.478 e. The quantitative estimate of drug-likeness (QED) is 0.844. The van der Waals surface area contributed by atoms with Crippen molar-refractivity contribution in [3.63, 3.8) is 0 Å². The number of hydrogen-bond acceptors (Lipinski definition) is 3. The summed E-state index contributed by atoms with van der Waals surface area (Å²) in [5.41, 5.74) is -0.00537. The molecule has 0 radical (unpaired) electrons. The number of sulfone groups is 1.